The number of anilines is 1. The molecule has 0 spiro atoms. The van der Waals surface area contributed by atoms with Gasteiger partial charge < -0.3 is 9.80 Å². The van der Waals surface area contributed by atoms with Gasteiger partial charge in [0.15, 0.2) is 0 Å². The molecule has 1 amide bonds. The number of hydrogen-bond acceptors (Lipinski definition) is 6. The monoisotopic (exact) mass is 327 g/mol. The third-order valence-corrected chi connectivity index (χ3v) is 4.55. The van der Waals surface area contributed by atoms with Crippen molar-refractivity contribution in [3.05, 3.63) is 41.4 Å². The van der Waals surface area contributed by atoms with Crippen LogP contribution in [0.5, 0.6) is 0 Å². The molecule has 0 aliphatic carbocycles. The average molecular weight is 327 g/mol. The second-order valence-corrected chi connectivity index (χ2v) is 5.81. The van der Waals surface area contributed by atoms with Crippen molar-refractivity contribution in [1.29, 1.82) is 0 Å². The summed E-state index contributed by atoms with van der Waals surface area (Å²) in [5.74, 6) is 0.645. The minimum atomic E-state index is -0.0583. The maximum atomic E-state index is 13.2. The molecule has 8 nitrogen and oxygen atoms in total. The number of carbonyl (C=O) groups is 1. The lowest BCUT2D eigenvalue weighted by Gasteiger charge is -2.33. The topological polar surface area (TPSA) is 80.0 Å². The third-order valence-electron chi connectivity index (χ3n) is 4.55. The Kier molecular flexibility index (Phi) is 4.28. The number of aromatic nitrogens is 5. The van der Waals surface area contributed by atoms with E-state index in [2.05, 4.69) is 20.5 Å². The maximum absolute atomic E-state index is 13.2. The molecule has 1 atom stereocenters. The van der Waals surface area contributed by atoms with Gasteiger partial charge in [0.2, 0.25) is 5.95 Å². The molecule has 0 bridgehead atoms. The second kappa shape index (κ2) is 6.38. The molecule has 2 aromatic rings. The number of likely N-dealkylation sites (N-methyl/N-ethyl adjacent to an activating group) is 1. The standard InChI is InChI=1S/C16H21N7O/c1-5-22(11(2)13-7-6-8-17-9-13)15(24)14-10-23-16(18-19-20-23)21(4)12(14)3/h6-9,11H,5,10H2,1-4H3/t11-/m1/s1. The van der Waals surface area contributed by atoms with Crippen LogP contribution in [0.25, 0.3) is 0 Å². The highest BCUT2D eigenvalue weighted by atomic mass is 16.2. The highest BCUT2D eigenvalue weighted by Crippen LogP contribution is 2.27. The summed E-state index contributed by atoms with van der Waals surface area (Å²) < 4.78 is 1.64. The maximum Gasteiger partial charge on any atom is 0.253 e. The van der Waals surface area contributed by atoms with Gasteiger partial charge in [0.25, 0.3) is 5.91 Å². The lowest BCUT2D eigenvalue weighted by Crippen LogP contribution is -2.39. The van der Waals surface area contributed by atoms with E-state index in [1.165, 1.54) is 0 Å². The van der Waals surface area contributed by atoms with E-state index in [9.17, 15) is 4.79 Å². The summed E-state index contributed by atoms with van der Waals surface area (Å²) in [6.07, 6.45) is 3.53. The minimum Gasteiger partial charge on any atom is -0.332 e. The number of pyridine rings is 1. The van der Waals surface area contributed by atoms with Crippen molar-refractivity contribution in [3.63, 3.8) is 0 Å². The molecular weight excluding hydrogens is 306 g/mol. The van der Waals surface area contributed by atoms with Crippen molar-refractivity contribution in [2.45, 2.75) is 33.4 Å². The van der Waals surface area contributed by atoms with Gasteiger partial charge in [-0.25, -0.2) is 4.68 Å². The van der Waals surface area contributed by atoms with Gasteiger partial charge in [-0.3, -0.25) is 9.78 Å². The van der Waals surface area contributed by atoms with Crippen LogP contribution in [0.2, 0.25) is 0 Å². The van der Waals surface area contributed by atoms with E-state index in [1.807, 2.05) is 49.8 Å². The Bertz CT molecular complexity index is 768. The third kappa shape index (κ3) is 2.64. The molecule has 3 rings (SSSR count). The number of fused-ring (bicyclic) bond motifs is 1. The lowest BCUT2D eigenvalue weighted by molar-refractivity contribution is -0.129. The highest BCUT2D eigenvalue weighted by Gasteiger charge is 2.30. The Hall–Kier alpha value is -2.77. The number of carbonyl (C=O) groups excluding carboxylic acids is 1. The van der Waals surface area contributed by atoms with E-state index in [4.69, 9.17) is 0 Å². The van der Waals surface area contributed by atoms with Crippen molar-refractivity contribution in [3.8, 4) is 0 Å². The quantitative estimate of drug-likeness (QED) is 0.844. The number of amides is 1. The van der Waals surface area contributed by atoms with Crippen LogP contribution in [0, 0.1) is 0 Å². The normalized spacial score (nSPS) is 15.2. The lowest BCUT2D eigenvalue weighted by atomic mass is 10.1. The van der Waals surface area contributed by atoms with Crippen molar-refractivity contribution in [2.75, 3.05) is 18.5 Å². The first-order chi connectivity index (χ1) is 11.5. The first-order valence-corrected chi connectivity index (χ1v) is 7.95. The van der Waals surface area contributed by atoms with Crippen LogP contribution in [-0.4, -0.2) is 49.6 Å². The van der Waals surface area contributed by atoms with E-state index >= 15 is 0 Å². The second-order valence-electron chi connectivity index (χ2n) is 5.81. The molecule has 0 radical (unpaired) electrons. The van der Waals surface area contributed by atoms with Crippen LogP contribution in [0.4, 0.5) is 5.95 Å². The fourth-order valence-electron chi connectivity index (χ4n) is 2.95. The van der Waals surface area contributed by atoms with Crippen LogP contribution >= 0.6 is 0 Å². The van der Waals surface area contributed by atoms with Crippen molar-refractivity contribution in [1.82, 2.24) is 30.1 Å². The molecule has 0 aromatic carbocycles. The van der Waals surface area contributed by atoms with Crippen LogP contribution in [0.1, 0.15) is 32.4 Å². The molecule has 24 heavy (non-hydrogen) atoms. The molecule has 1 aliphatic heterocycles. The van der Waals surface area contributed by atoms with E-state index in [-0.39, 0.29) is 11.9 Å². The van der Waals surface area contributed by atoms with E-state index in [1.54, 1.807) is 17.1 Å². The minimum absolute atomic E-state index is 0.000599. The molecule has 0 saturated heterocycles. The Labute approximate surface area is 140 Å². The smallest absolute Gasteiger partial charge is 0.253 e. The molecule has 0 N–H and O–H groups in total. The fraction of sp³-hybridized carbons (Fsp3) is 0.438. The molecule has 2 aromatic heterocycles. The zero-order valence-corrected chi connectivity index (χ0v) is 14.3. The predicted molar refractivity (Wildman–Crippen MR) is 89.0 cm³/mol. The van der Waals surface area contributed by atoms with Gasteiger partial charge in [0.05, 0.1) is 18.2 Å². The number of rotatable bonds is 4. The van der Waals surface area contributed by atoms with Gasteiger partial charge >= 0.3 is 0 Å². The Morgan fingerprint density at radius 1 is 1.46 bits per heavy atom. The molecule has 0 saturated carbocycles. The van der Waals surface area contributed by atoms with Crippen molar-refractivity contribution in [2.24, 2.45) is 0 Å². The molecular formula is C16H21N7O. The van der Waals surface area contributed by atoms with Crippen LogP contribution < -0.4 is 4.90 Å². The largest absolute Gasteiger partial charge is 0.332 e. The van der Waals surface area contributed by atoms with Crippen LogP contribution in [0.15, 0.2) is 35.8 Å². The van der Waals surface area contributed by atoms with Crippen molar-refractivity contribution >= 4 is 11.9 Å². The predicted octanol–water partition coefficient (Wildman–Crippen LogP) is 1.40. The number of nitrogens with zero attached hydrogens (tertiary/aromatic N) is 7. The van der Waals surface area contributed by atoms with Gasteiger partial charge in [0.1, 0.15) is 0 Å². The summed E-state index contributed by atoms with van der Waals surface area (Å²) in [6.45, 7) is 6.92. The molecule has 0 unspecified atom stereocenters. The van der Waals surface area contributed by atoms with Crippen molar-refractivity contribution < 1.29 is 4.79 Å². The summed E-state index contributed by atoms with van der Waals surface area (Å²) in [7, 11) is 1.87. The summed E-state index contributed by atoms with van der Waals surface area (Å²) in [6, 6.07) is 3.81. The van der Waals surface area contributed by atoms with Crippen LogP contribution in [-0.2, 0) is 11.3 Å². The first-order valence-electron chi connectivity index (χ1n) is 7.95. The number of tetrazole rings is 1. The zero-order chi connectivity index (χ0) is 17.3. The number of allylic oxidation sites excluding steroid dienone is 1. The Balaban J connectivity index is 1.90. The van der Waals surface area contributed by atoms with E-state index in [0.29, 0.717) is 24.6 Å². The first kappa shape index (κ1) is 16.1. The Morgan fingerprint density at radius 2 is 2.25 bits per heavy atom. The van der Waals surface area contributed by atoms with E-state index < -0.39 is 0 Å². The van der Waals surface area contributed by atoms with Crippen LogP contribution in [0.3, 0.4) is 0 Å². The van der Waals surface area contributed by atoms with Gasteiger partial charge in [-0.15, -0.1) is 0 Å². The molecule has 3 heterocycles. The van der Waals surface area contributed by atoms with Gasteiger partial charge in [-0.1, -0.05) is 11.2 Å². The SMILES string of the molecule is CCN(C(=O)C1=C(C)N(C)c2nnnn2C1)[C@H](C)c1cccnc1. The Morgan fingerprint density at radius 3 is 2.92 bits per heavy atom. The molecule has 1 aliphatic rings. The number of hydrogen-bond donors (Lipinski definition) is 0. The molecule has 126 valence electrons. The average Bonchev–Trinajstić information content (AvgIpc) is 3.08. The van der Waals surface area contributed by atoms with Gasteiger partial charge in [-0.2, -0.15) is 0 Å². The highest BCUT2D eigenvalue weighted by molar-refractivity contribution is 5.95. The molecule has 0 fully saturated rings. The summed E-state index contributed by atoms with van der Waals surface area (Å²) in [5.41, 5.74) is 2.59. The summed E-state index contributed by atoms with van der Waals surface area (Å²) >= 11 is 0. The van der Waals surface area contributed by atoms with Gasteiger partial charge in [-0.05, 0) is 42.8 Å². The van der Waals surface area contributed by atoms with E-state index in [0.717, 1.165) is 11.3 Å². The fourth-order valence-corrected chi connectivity index (χ4v) is 2.95. The zero-order valence-electron chi connectivity index (χ0n) is 14.3. The summed E-state index contributed by atoms with van der Waals surface area (Å²) in [4.78, 5) is 21.0. The summed E-state index contributed by atoms with van der Waals surface area (Å²) in [5, 5.41) is 11.6. The van der Waals surface area contributed by atoms with Gasteiger partial charge in [0, 0.05) is 31.7 Å². The molecule has 8 heteroatoms.